The predicted octanol–water partition coefficient (Wildman–Crippen LogP) is 4.54. The third-order valence-corrected chi connectivity index (χ3v) is 4.39. The fraction of sp³-hybridized carbons (Fsp3) is 0.133. The number of benzene rings is 2. The van der Waals surface area contributed by atoms with Crippen molar-refractivity contribution in [2.24, 2.45) is 0 Å². The summed E-state index contributed by atoms with van der Waals surface area (Å²) >= 11 is 13.2. The molecule has 0 aliphatic heterocycles. The average molecular weight is 344 g/mol. The lowest BCUT2D eigenvalue weighted by Gasteiger charge is -2.07. The van der Waals surface area contributed by atoms with Gasteiger partial charge in [0.15, 0.2) is 0 Å². The standard InChI is InChI=1S/C15H12Cl2FNOS/c16-11-3-6-13(17)14(7-11)21-9-15(20)19-8-10-1-4-12(18)5-2-10/h1-7H,8-9H2,(H,19,20). The van der Waals surface area contributed by atoms with E-state index in [2.05, 4.69) is 5.32 Å². The first-order valence-electron chi connectivity index (χ1n) is 6.13. The molecule has 0 fully saturated rings. The maximum absolute atomic E-state index is 12.8. The Bertz CT molecular complexity index is 634. The molecule has 2 rings (SSSR count). The van der Waals surface area contributed by atoms with E-state index in [0.29, 0.717) is 16.6 Å². The van der Waals surface area contributed by atoms with Crippen molar-refractivity contribution in [3.05, 3.63) is 63.9 Å². The highest BCUT2D eigenvalue weighted by atomic mass is 35.5. The summed E-state index contributed by atoms with van der Waals surface area (Å²) < 4.78 is 12.8. The normalized spacial score (nSPS) is 10.4. The summed E-state index contributed by atoms with van der Waals surface area (Å²) in [5.41, 5.74) is 0.843. The van der Waals surface area contributed by atoms with Gasteiger partial charge in [-0.1, -0.05) is 35.3 Å². The van der Waals surface area contributed by atoms with Crippen molar-refractivity contribution in [3.8, 4) is 0 Å². The Balaban J connectivity index is 1.82. The van der Waals surface area contributed by atoms with Gasteiger partial charge in [-0.3, -0.25) is 4.79 Å². The van der Waals surface area contributed by atoms with Crippen LogP contribution in [-0.2, 0) is 11.3 Å². The van der Waals surface area contributed by atoms with E-state index < -0.39 is 0 Å². The van der Waals surface area contributed by atoms with Gasteiger partial charge in [0.25, 0.3) is 0 Å². The number of thioether (sulfide) groups is 1. The summed E-state index contributed by atoms with van der Waals surface area (Å²) in [4.78, 5) is 12.5. The Morgan fingerprint density at radius 1 is 1.14 bits per heavy atom. The van der Waals surface area contributed by atoms with Crippen LogP contribution in [-0.4, -0.2) is 11.7 Å². The van der Waals surface area contributed by atoms with Crippen molar-refractivity contribution in [2.75, 3.05) is 5.75 Å². The van der Waals surface area contributed by atoms with E-state index in [-0.39, 0.29) is 17.5 Å². The number of nitrogens with one attached hydrogen (secondary N) is 1. The van der Waals surface area contributed by atoms with Crippen molar-refractivity contribution < 1.29 is 9.18 Å². The Morgan fingerprint density at radius 2 is 1.86 bits per heavy atom. The molecule has 0 unspecified atom stereocenters. The first kappa shape index (κ1) is 16.1. The highest BCUT2D eigenvalue weighted by Crippen LogP contribution is 2.29. The molecular formula is C15H12Cl2FNOS. The Labute approximate surface area is 136 Å². The molecule has 0 aliphatic carbocycles. The first-order chi connectivity index (χ1) is 10.0. The molecule has 0 spiro atoms. The fourth-order valence-electron chi connectivity index (χ4n) is 1.59. The summed E-state index contributed by atoms with van der Waals surface area (Å²) in [7, 11) is 0. The molecule has 0 atom stereocenters. The molecule has 2 nitrogen and oxygen atoms in total. The number of carbonyl (C=O) groups is 1. The van der Waals surface area contributed by atoms with Crippen LogP contribution in [0.5, 0.6) is 0 Å². The molecule has 1 amide bonds. The molecule has 2 aromatic rings. The van der Waals surface area contributed by atoms with E-state index >= 15 is 0 Å². The number of amides is 1. The third kappa shape index (κ3) is 5.23. The molecule has 21 heavy (non-hydrogen) atoms. The summed E-state index contributed by atoms with van der Waals surface area (Å²) in [6.45, 7) is 0.364. The van der Waals surface area contributed by atoms with Gasteiger partial charge >= 0.3 is 0 Å². The molecule has 0 aliphatic rings. The van der Waals surface area contributed by atoms with Gasteiger partial charge in [-0.05, 0) is 35.9 Å². The van der Waals surface area contributed by atoms with Crippen LogP contribution in [0.3, 0.4) is 0 Å². The van der Waals surface area contributed by atoms with Gasteiger partial charge in [-0.15, -0.1) is 11.8 Å². The molecular weight excluding hydrogens is 332 g/mol. The van der Waals surface area contributed by atoms with Crippen LogP contribution in [0.1, 0.15) is 5.56 Å². The van der Waals surface area contributed by atoms with E-state index in [9.17, 15) is 9.18 Å². The molecule has 110 valence electrons. The molecule has 6 heteroatoms. The number of halogens is 3. The van der Waals surface area contributed by atoms with Gasteiger partial charge in [0.05, 0.1) is 10.8 Å². The molecule has 0 aromatic heterocycles. The monoisotopic (exact) mass is 343 g/mol. The maximum Gasteiger partial charge on any atom is 0.230 e. The second-order valence-corrected chi connectivity index (χ2v) is 6.13. The van der Waals surface area contributed by atoms with Gasteiger partial charge in [-0.2, -0.15) is 0 Å². The Hall–Kier alpha value is -1.23. The molecule has 1 N–H and O–H groups in total. The van der Waals surface area contributed by atoms with Gasteiger partial charge in [0.2, 0.25) is 5.91 Å². The largest absolute Gasteiger partial charge is 0.351 e. The van der Waals surface area contributed by atoms with Gasteiger partial charge in [-0.25, -0.2) is 4.39 Å². The van der Waals surface area contributed by atoms with Gasteiger partial charge < -0.3 is 5.32 Å². The number of hydrogen-bond acceptors (Lipinski definition) is 2. The minimum atomic E-state index is -0.295. The molecule has 0 heterocycles. The van der Waals surface area contributed by atoms with Crippen molar-refractivity contribution in [1.29, 1.82) is 0 Å². The SMILES string of the molecule is O=C(CSc1cc(Cl)ccc1Cl)NCc1ccc(F)cc1. The van der Waals surface area contributed by atoms with Crippen LogP contribution in [0.15, 0.2) is 47.4 Å². The van der Waals surface area contributed by atoms with Crippen LogP contribution >= 0.6 is 35.0 Å². The molecule has 0 bridgehead atoms. The summed E-state index contributed by atoms with van der Waals surface area (Å²) in [5.74, 6) is -0.182. The van der Waals surface area contributed by atoms with E-state index in [1.807, 2.05) is 0 Å². The van der Waals surface area contributed by atoms with E-state index in [4.69, 9.17) is 23.2 Å². The maximum atomic E-state index is 12.8. The summed E-state index contributed by atoms with van der Waals surface area (Å²) in [6, 6.07) is 11.1. The van der Waals surface area contributed by atoms with Crippen LogP contribution in [0.4, 0.5) is 4.39 Å². The van der Waals surface area contributed by atoms with Crippen LogP contribution in [0, 0.1) is 5.82 Å². The smallest absolute Gasteiger partial charge is 0.230 e. The molecule has 0 saturated heterocycles. The van der Waals surface area contributed by atoms with E-state index in [0.717, 1.165) is 10.5 Å². The minimum Gasteiger partial charge on any atom is -0.351 e. The van der Waals surface area contributed by atoms with E-state index in [1.165, 1.54) is 23.9 Å². The number of carbonyl (C=O) groups excluding carboxylic acids is 1. The first-order valence-corrected chi connectivity index (χ1v) is 7.88. The van der Waals surface area contributed by atoms with Crippen molar-refractivity contribution in [2.45, 2.75) is 11.4 Å². The van der Waals surface area contributed by atoms with Crippen molar-refractivity contribution in [1.82, 2.24) is 5.32 Å². The lowest BCUT2D eigenvalue weighted by Crippen LogP contribution is -2.24. The topological polar surface area (TPSA) is 29.1 Å². The summed E-state index contributed by atoms with van der Waals surface area (Å²) in [5, 5.41) is 3.91. The zero-order chi connectivity index (χ0) is 15.2. The molecule has 0 radical (unpaired) electrons. The number of hydrogen-bond donors (Lipinski definition) is 1. The van der Waals surface area contributed by atoms with E-state index in [1.54, 1.807) is 30.3 Å². The lowest BCUT2D eigenvalue weighted by atomic mass is 10.2. The van der Waals surface area contributed by atoms with Crippen LogP contribution < -0.4 is 5.32 Å². The molecule has 2 aromatic carbocycles. The second kappa shape index (κ2) is 7.69. The quantitative estimate of drug-likeness (QED) is 0.807. The summed E-state index contributed by atoms with van der Waals surface area (Å²) in [6.07, 6.45) is 0. The van der Waals surface area contributed by atoms with Crippen LogP contribution in [0.2, 0.25) is 10.0 Å². The zero-order valence-corrected chi connectivity index (χ0v) is 13.2. The lowest BCUT2D eigenvalue weighted by molar-refractivity contribution is -0.118. The van der Waals surface area contributed by atoms with Crippen molar-refractivity contribution >= 4 is 40.9 Å². The molecule has 0 saturated carbocycles. The highest BCUT2D eigenvalue weighted by Gasteiger charge is 2.06. The third-order valence-electron chi connectivity index (χ3n) is 2.65. The zero-order valence-electron chi connectivity index (χ0n) is 10.9. The predicted molar refractivity (Wildman–Crippen MR) is 85.4 cm³/mol. The van der Waals surface area contributed by atoms with Gasteiger partial charge in [0.1, 0.15) is 5.82 Å². The Kier molecular flexibility index (Phi) is 5.91. The highest BCUT2D eigenvalue weighted by molar-refractivity contribution is 8.00. The van der Waals surface area contributed by atoms with Gasteiger partial charge in [0, 0.05) is 16.5 Å². The van der Waals surface area contributed by atoms with Crippen molar-refractivity contribution in [3.63, 3.8) is 0 Å². The minimum absolute atomic E-state index is 0.125. The number of rotatable bonds is 5. The fourth-order valence-corrected chi connectivity index (χ4v) is 2.91. The average Bonchev–Trinajstić information content (AvgIpc) is 2.47. The van der Waals surface area contributed by atoms with Crippen LogP contribution in [0.25, 0.3) is 0 Å². The Morgan fingerprint density at radius 3 is 2.57 bits per heavy atom. The second-order valence-electron chi connectivity index (χ2n) is 4.27.